The molecule has 1 aromatic carbocycles. The Morgan fingerprint density at radius 2 is 2.26 bits per heavy atom. The first-order valence-electron chi connectivity index (χ1n) is 6.04. The zero-order valence-electron chi connectivity index (χ0n) is 10.2. The minimum absolute atomic E-state index is 0.226. The molecule has 1 unspecified atom stereocenters. The van der Waals surface area contributed by atoms with Crippen LogP contribution in [0, 0.1) is 5.82 Å². The summed E-state index contributed by atoms with van der Waals surface area (Å²) in [7, 11) is 0. The van der Waals surface area contributed by atoms with Crippen molar-refractivity contribution in [2.45, 2.75) is 25.7 Å². The molecule has 0 bridgehead atoms. The number of carboxylic acid groups (broad SMARTS) is 1. The molecule has 3 nitrogen and oxygen atoms in total. The van der Waals surface area contributed by atoms with Gasteiger partial charge < -0.3 is 5.11 Å². The predicted octanol–water partition coefficient (Wildman–Crippen LogP) is 3.88. The maximum absolute atomic E-state index is 13.6. The molecule has 1 aromatic heterocycles. The first-order valence-corrected chi connectivity index (χ1v) is 6.83. The van der Waals surface area contributed by atoms with E-state index in [1.165, 1.54) is 12.1 Å². The Morgan fingerprint density at radius 3 is 2.95 bits per heavy atom. The monoisotopic (exact) mass is 323 g/mol. The van der Waals surface area contributed by atoms with Crippen LogP contribution in [0.25, 0.3) is 10.9 Å². The number of rotatable bonds is 1. The van der Waals surface area contributed by atoms with E-state index in [0.29, 0.717) is 10.9 Å². The molecule has 2 aromatic rings. The van der Waals surface area contributed by atoms with Crippen LogP contribution in [0.2, 0.25) is 0 Å². The summed E-state index contributed by atoms with van der Waals surface area (Å²) >= 11 is 3.10. The molecule has 0 saturated carbocycles. The van der Waals surface area contributed by atoms with Crippen molar-refractivity contribution in [3.05, 3.63) is 39.2 Å². The molecular formula is C14H11BrFNO2. The minimum Gasteiger partial charge on any atom is -0.478 e. The smallest absolute Gasteiger partial charge is 0.336 e. The summed E-state index contributed by atoms with van der Waals surface area (Å²) in [5, 5.41) is 9.95. The standard InChI is InChI=1S/C14H11BrFNO2/c1-6-2-3-7-12(14(18)19)8-4-9(15)10(16)5-11(8)17-13(6)7/h4-6H,2-3H2,1H3,(H,18,19). The second-order valence-corrected chi connectivity index (χ2v) is 5.73. The summed E-state index contributed by atoms with van der Waals surface area (Å²) < 4.78 is 13.9. The molecule has 1 N–H and O–H groups in total. The second kappa shape index (κ2) is 4.27. The summed E-state index contributed by atoms with van der Waals surface area (Å²) in [4.78, 5) is 16.0. The number of hydrogen-bond donors (Lipinski definition) is 1. The van der Waals surface area contributed by atoms with Crippen molar-refractivity contribution in [1.82, 2.24) is 4.98 Å². The van der Waals surface area contributed by atoms with Gasteiger partial charge in [0.05, 0.1) is 15.6 Å². The molecule has 0 amide bonds. The predicted molar refractivity (Wildman–Crippen MR) is 73.1 cm³/mol. The highest BCUT2D eigenvalue weighted by atomic mass is 79.9. The Hall–Kier alpha value is -1.49. The third-order valence-electron chi connectivity index (χ3n) is 3.67. The quantitative estimate of drug-likeness (QED) is 0.866. The van der Waals surface area contributed by atoms with E-state index in [-0.39, 0.29) is 16.0 Å². The molecule has 1 atom stereocenters. The first kappa shape index (κ1) is 12.5. The number of benzene rings is 1. The number of aromatic nitrogens is 1. The molecule has 1 heterocycles. The third-order valence-corrected chi connectivity index (χ3v) is 4.28. The number of pyridine rings is 1. The van der Waals surface area contributed by atoms with Gasteiger partial charge in [0.1, 0.15) is 5.82 Å². The maximum atomic E-state index is 13.6. The summed E-state index contributed by atoms with van der Waals surface area (Å²) in [5.41, 5.74) is 2.27. The van der Waals surface area contributed by atoms with E-state index in [2.05, 4.69) is 20.9 Å². The SMILES string of the molecule is CC1CCc2c1nc1cc(F)c(Br)cc1c2C(=O)O. The van der Waals surface area contributed by atoms with Gasteiger partial charge in [0.25, 0.3) is 0 Å². The Morgan fingerprint density at radius 1 is 1.53 bits per heavy atom. The number of nitrogens with zero attached hydrogens (tertiary/aromatic N) is 1. The Balaban J connectivity index is 2.45. The van der Waals surface area contributed by atoms with Crippen molar-refractivity contribution < 1.29 is 14.3 Å². The average molecular weight is 324 g/mol. The first-order chi connectivity index (χ1) is 8.99. The van der Waals surface area contributed by atoms with Crippen LogP contribution < -0.4 is 0 Å². The van der Waals surface area contributed by atoms with E-state index in [9.17, 15) is 14.3 Å². The zero-order valence-corrected chi connectivity index (χ0v) is 11.8. The lowest BCUT2D eigenvalue weighted by molar-refractivity contribution is 0.0698. The summed E-state index contributed by atoms with van der Waals surface area (Å²) in [5.74, 6) is -1.18. The number of carbonyl (C=O) groups is 1. The third kappa shape index (κ3) is 1.84. The fourth-order valence-corrected chi connectivity index (χ4v) is 3.06. The fourth-order valence-electron chi connectivity index (χ4n) is 2.72. The molecule has 0 aliphatic heterocycles. The van der Waals surface area contributed by atoms with Gasteiger partial charge in [0.15, 0.2) is 0 Å². The molecule has 0 radical (unpaired) electrons. The molecule has 5 heteroatoms. The zero-order chi connectivity index (χ0) is 13.7. The van der Waals surface area contributed by atoms with Crippen molar-refractivity contribution in [1.29, 1.82) is 0 Å². The van der Waals surface area contributed by atoms with Gasteiger partial charge in [-0.15, -0.1) is 0 Å². The van der Waals surface area contributed by atoms with E-state index in [4.69, 9.17) is 0 Å². The number of hydrogen-bond acceptors (Lipinski definition) is 2. The molecule has 1 aliphatic carbocycles. The Bertz CT molecular complexity index is 714. The van der Waals surface area contributed by atoms with Crippen molar-refractivity contribution >= 4 is 32.8 Å². The topological polar surface area (TPSA) is 50.2 Å². The van der Waals surface area contributed by atoms with Crippen molar-refractivity contribution in [2.24, 2.45) is 0 Å². The van der Waals surface area contributed by atoms with Gasteiger partial charge in [-0.2, -0.15) is 0 Å². The lowest BCUT2D eigenvalue weighted by atomic mass is 10.0. The molecular weight excluding hydrogens is 313 g/mol. The highest BCUT2D eigenvalue weighted by molar-refractivity contribution is 9.10. The number of carboxylic acids is 1. The van der Waals surface area contributed by atoms with E-state index in [1.807, 2.05) is 6.92 Å². The van der Waals surface area contributed by atoms with Gasteiger partial charge in [0, 0.05) is 17.1 Å². The van der Waals surface area contributed by atoms with Gasteiger partial charge in [-0.3, -0.25) is 4.98 Å². The molecule has 0 saturated heterocycles. The van der Waals surface area contributed by atoms with E-state index < -0.39 is 11.8 Å². The normalized spacial score (nSPS) is 17.7. The highest BCUT2D eigenvalue weighted by Crippen LogP contribution is 2.37. The van der Waals surface area contributed by atoms with Crippen LogP contribution in [0.1, 0.15) is 40.9 Å². The van der Waals surface area contributed by atoms with Crippen LogP contribution in [-0.4, -0.2) is 16.1 Å². The van der Waals surface area contributed by atoms with Crippen molar-refractivity contribution in [3.8, 4) is 0 Å². The van der Waals surface area contributed by atoms with Crippen molar-refractivity contribution in [3.63, 3.8) is 0 Å². The molecule has 19 heavy (non-hydrogen) atoms. The van der Waals surface area contributed by atoms with Crippen LogP contribution in [-0.2, 0) is 6.42 Å². The van der Waals surface area contributed by atoms with Crippen LogP contribution in [0.3, 0.4) is 0 Å². The fraction of sp³-hybridized carbons (Fsp3) is 0.286. The number of aromatic carboxylic acids is 1. The van der Waals surface area contributed by atoms with Gasteiger partial charge in [-0.25, -0.2) is 9.18 Å². The van der Waals surface area contributed by atoms with Gasteiger partial charge in [-0.1, -0.05) is 6.92 Å². The van der Waals surface area contributed by atoms with Crippen LogP contribution in [0.4, 0.5) is 4.39 Å². The molecule has 0 fully saturated rings. The summed E-state index contributed by atoms with van der Waals surface area (Å²) in [6.45, 7) is 2.02. The number of halogens is 2. The minimum atomic E-state index is -0.976. The highest BCUT2D eigenvalue weighted by Gasteiger charge is 2.28. The average Bonchev–Trinajstić information content (AvgIpc) is 2.69. The second-order valence-electron chi connectivity index (χ2n) is 4.88. The summed E-state index contributed by atoms with van der Waals surface area (Å²) in [6.07, 6.45) is 1.61. The van der Waals surface area contributed by atoms with Crippen LogP contribution in [0.15, 0.2) is 16.6 Å². The van der Waals surface area contributed by atoms with Crippen LogP contribution in [0.5, 0.6) is 0 Å². The molecule has 0 spiro atoms. The largest absolute Gasteiger partial charge is 0.478 e. The molecule has 98 valence electrons. The van der Waals surface area contributed by atoms with E-state index >= 15 is 0 Å². The summed E-state index contributed by atoms with van der Waals surface area (Å²) in [6, 6.07) is 2.79. The Labute approximate surface area is 117 Å². The van der Waals surface area contributed by atoms with Gasteiger partial charge in [0.2, 0.25) is 0 Å². The maximum Gasteiger partial charge on any atom is 0.336 e. The lowest BCUT2D eigenvalue weighted by Gasteiger charge is -2.11. The van der Waals surface area contributed by atoms with Gasteiger partial charge >= 0.3 is 5.97 Å². The molecule has 3 rings (SSSR count). The van der Waals surface area contributed by atoms with Gasteiger partial charge in [-0.05, 0) is 46.3 Å². The Kier molecular flexibility index (Phi) is 2.82. The number of fused-ring (bicyclic) bond motifs is 2. The van der Waals surface area contributed by atoms with Crippen molar-refractivity contribution in [2.75, 3.05) is 0 Å². The molecule has 1 aliphatic rings. The lowest BCUT2D eigenvalue weighted by Crippen LogP contribution is -2.06. The van der Waals surface area contributed by atoms with Crippen LogP contribution >= 0.6 is 15.9 Å². The van der Waals surface area contributed by atoms with E-state index in [0.717, 1.165) is 24.1 Å². The van der Waals surface area contributed by atoms with E-state index in [1.54, 1.807) is 0 Å².